The third-order valence-electron chi connectivity index (χ3n) is 4.06. The van der Waals surface area contributed by atoms with Crippen molar-refractivity contribution in [2.45, 2.75) is 26.3 Å². The monoisotopic (exact) mass is 315 g/mol. The number of halogens is 1. The van der Waals surface area contributed by atoms with Gasteiger partial charge in [-0.05, 0) is 38.4 Å². The molecule has 0 spiro atoms. The topological polar surface area (TPSA) is 53.1 Å². The molecular formula is C17H18ClN3O. The first-order valence-corrected chi connectivity index (χ1v) is 7.88. The lowest BCUT2D eigenvalue weighted by Crippen LogP contribution is -2.34. The Morgan fingerprint density at radius 2 is 2.27 bits per heavy atom. The zero-order valence-electron chi connectivity index (χ0n) is 12.6. The number of oxazole rings is 1. The minimum Gasteiger partial charge on any atom is -0.441 e. The van der Waals surface area contributed by atoms with Crippen molar-refractivity contribution in [3.05, 3.63) is 40.7 Å². The van der Waals surface area contributed by atoms with E-state index >= 15 is 0 Å². The van der Waals surface area contributed by atoms with Crippen LogP contribution >= 0.6 is 11.6 Å². The summed E-state index contributed by atoms with van der Waals surface area (Å²) in [4.78, 5) is 6.89. The number of piperidine rings is 1. The molecule has 22 heavy (non-hydrogen) atoms. The van der Waals surface area contributed by atoms with Gasteiger partial charge in [-0.2, -0.15) is 5.26 Å². The van der Waals surface area contributed by atoms with E-state index in [0.29, 0.717) is 10.9 Å². The molecule has 5 heteroatoms. The third kappa shape index (κ3) is 3.16. The molecule has 2 heterocycles. The molecule has 1 fully saturated rings. The highest BCUT2D eigenvalue weighted by Crippen LogP contribution is 2.29. The molecule has 0 unspecified atom stereocenters. The largest absolute Gasteiger partial charge is 0.441 e. The number of rotatable bonds is 3. The van der Waals surface area contributed by atoms with Crippen molar-refractivity contribution in [2.75, 3.05) is 13.1 Å². The predicted molar refractivity (Wildman–Crippen MR) is 85.3 cm³/mol. The Morgan fingerprint density at radius 1 is 1.45 bits per heavy atom. The highest BCUT2D eigenvalue weighted by Gasteiger charge is 2.22. The van der Waals surface area contributed by atoms with Crippen molar-refractivity contribution in [1.82, 2.24) is 9.88 Å². The molecule has 1 saturated heterocycles. The van der Waals surface area contributed by atoms with Gasteiger partial charge < -0.3 is 4.42 Å². The Morgan fingerprint density at radius 3 is 3.05 bits per heavy atom. The van der Waals surface area contributed by atoms with E-state index < -0.39 is 0 Å². The summed E-state index contributed by atoms with van der Waals surface area (Å²) >= 11 is 6.20. The summed E-state index contributed by atoms with van der Waals surface area (Å²) in [6.45, 7) is 4.46. The van der Waals surface area contributed by atoms with Gasteiger partial charge in [0.25, 0.3) is 0 Å². The number of hydrogen-bond acceptors (Lipinski definition) is 4. The summed E-state index contributed by atoms with van der Waals surface area (Å²) in [6, 6.07) is 9.91. The van der Waals surface area contributed by atoms with Gasteiger partial charge in [-0.15, -0.1) is 0 Å². The SMILES string of the molecule is Cc1oc(-c2ccccc2Cl)nc1CN1CCC[C@@H](C#N)C1. The van der Waals surface area contributed by atoms with Gasteiger partial charge in [0.1, 0.15) is 5.76 Å². The Labute approximate surface area is 135 Å². The standard InChI is InChI=1S/C17H18ClN3O/c1-12-16(11-21-8-4-5-13(9-19)10-21)20-17(22-12)14-6-2-3-7-15(14)18/h2-3,6-7,13H,4-5,8,10-11H2,1H3/t13-/m0/s1. The maximum Gasteiger partial charge on any atom is 0.228 e. The van der Waals surface area contributed by atoms with E-state index in [9.17, 15) is 0 Å². The van der Waals surface area contributed by atoms with Crippen molar-refractivity contribution in [3.63, 3.8) is 0 Å². The normalized spacial score (nSPS) is 19.0. The van der Waals surface area contributed by atoms with E-state index in [1.807, 2.05) is 31.2 Å². The third-order valence-corrected chi connectivity index (χ3v) is 4.39. The second kappa shape index (κ2) is 6.51. The Kier molecular flexibility index (Phi) is 4.47. The van der Waals surface area contributed by atoms with Gasteiger partial charge in [-0.25, -0.2) is 4.98 Å². The smallest absolute Gasteiger partial charge is 0.228 e. The quantitative estimate of drug-likeness (QED) is 0.857. The second-order valence-electron chi connectivity index (χ2n) is 5.71. The lowest BCUT2D eigenvalue weighted by atomic mass is 9.99. The van der Waals surface area contributed by atoms with E-state index in [0.717, 1.165) is 49.5 Å². The first-order chi connectivity index (χ1) is 10.7. The number of aromatic nitrogens is 1. The molecule has 1 aliphatic heterocycles. The van der Waals surface area contributed by atoms with Gasteiger partial charge in [0.2, 0.25) is 5.89 Å². The number of likely N-dealkylation sites (tertiary alicyclic amines) is 1. The predicted octanol–water partition coefficient (Wildman–Crippen LogP) is 4.04. The van der Waals surface area contributed by atoms with Crippen molar-refractivity contribution >= 4 is 11.6 Å². The van der Waals surface area contributed by atoms with Crippen molar-refractivity contribution < 1.29 is 4.42 Å². The van der Waals surface area contributed by atoms with Gasteiger partial charge in [0, 0.05) is 13.1 Å². The molecule has 3 rings (SSSR count). The number of aryl methyl sites for hydroxylation is 1. The molecule has 1 atom stereocenters. The molecule has 0 N–H and O–H groups in total. The molecule has 0 radical (unpaired) electrons. The van der Waals surface area contributed by atoms with E-state index in [4.69, 9.17) is 21.3 Å². The molecule has 0 bridgehead atoms. The van der Waals surface area contributed by atoms with E-state index in [-0.39, 0.29) is 5.92 Å². The summed E-state index contributed by atoms with van der Waals surface area (Å²) in [5.74, 6) is 1.50. The van der Waals surface area contributed by atoms with Gasteiger partial charge in [0.15, 0.2) is 0 Å². The molecule has 1 aliphatic rings. The van der Waals surface area contributed by atoms with E-state index in [1.54, 1.807) is 0 Å². The number of nitriles is 1. The molecule has 114 valence electrons. The van der Waals surface area contributed by atoms with Crippen LogP contribution < -0.4 is 0 Å². The van der Waals surface area contributed by atoms with Crippen molar-refractivity contribution in [1.29, 1.82) is 5.26 Å². The molecule has 4 nitrogen and oxygen atoms in total. The first kappa shape index (κ1) is 15.1. The summed E-state index contributed by atoms with van der Waals surface area (Å²) in [5.41, 5.74) is 1.74. The van der Waals surface area contributed by atoms with Crippen LogP contribution in [-0.2, 0) is 6.54 Å². The van der Waals surface area contributed by atoms with Gasteiger partial charge in [-0.1, -0.05) is 23.7 Å². The summed E-state index contributed by atoms with van der Waals surface area (Å²) in [5, 5.41) is 9.72. The molecular weight excluding hydrogens is 298 g/mol. The average Bonchev–Trinajstić information content (AvgIpc) is 2.89. The van der Waals surface area contributed by atoms with Crippen molar-refractivity contribution in [3.8, 4) is 17.5 Å². The highest BCUT2D eigenvalue weighted by molar-refractivity contribution is 6.33. The Hall–Kier alpha value is -1.83. The van der Waals surface area contributed by atoms with Gasteiger partial charge in [0.05, 0.1) is 28.3 Å². The van der Waals surface area contributed by atoms with Crippen LogP contribution in [0.25, 0.3) is 11.5 Å². The van der Waals surface area contributed by atoms with Crippen LogP contribution in [0.4, 0.5) is 0 Å². The number of nitrogens with zero attached hydrogens (tertiary/aromatic N) is 3. The molecule has 1 aromatic carbocycles. The lowest BCUT2D eigenvalue weighted by Gasteiger charge is -2.28. The van der Waals surface area contributed by atoms with Crippen LogP contribution in [-0.4, -0.2) is 23.0 Å². The van der Waals surface area contributed by atoms with E-state index in [1.165, 1.54) is 0 Å². The second-order valence-corrected chi connectivity index (χ2v) is 6.11. The fourth-order valence-electron chi connectivity index (χ4n) is 2.84. The molecule has 0 amide bonds. The van der Waals surface area contributed by atoms with E-state index in [2.05, 4.69) is 16.0 Å². The zero-order chi connectivity index (χ0) is 15.5. The van der Waals surface area contributed by atoms with Crippen LogP contribution in [0.3, 0.4) is 0 Å². The average molecular weight is 316 g/mol. The minimum atomic E-state index is 0.129. The van der Waals surface area contributed by atoms with Crippen LogP contribution in [0.1, 0.15) is 24.3 Å². The molecule has 1 aromatic heterocycles. The summed E-state index contributed by atoms with van der Waals surface area (Å²) in [7, 11) is 0. The Balaban J connectivity index is 1.79. The molecule has 0 saturated carbocycles. The van der Waals surface area contributed by atoms with Gasteiger partial charge in [-0.3, -0.25) is 4.90 Å². The maximum absolute atomic E-state index is 9.09. The molecule has 0 aliphatic carbocycles. The highest BCUT2D eigenvalue weighted by atomic mass is 35.5. The zero-order valence-corrected chi connectivity index (χ0v) is 13.3. The lowest BCUT2D eigenvalue weighted by molar-refractivity contribution is 0.189. The maximum atomic E-state index is 9.09. The fourth-order valence-corrected chi connectivity index (χ4v) is 3.06. The summed E-state index contributed by atoms with van der Waals surface area (Å²) in [6.07, 6.45) is 2.06. The van der Waals surface area contributed by atoms with Crippen LogP contribution in [0.5, 0.6) is 0 Å². The number of benzene rings is 1. The van der Waals surface area contributed by atoms with Crippen LogP contribution in [0, 0.1) is 24.2 Å². The molecule has 2 aromatic rings. The van der Waals surface area contributed by atoms with Crippen LogP contribution in [0.2, 0.25) is 5.02 Å². The van der Waals surface area contributed by atoms with Gasteiger partial charge >= 0.3 is 0 Å². The summed E-state index contributed by atoms with van der Waals surface area (Å²) < 4.78 is 5.79. The fraction of sp³-hybridized carbons (Fsp3) is 0.412. The van der Waals surface area contributed by atoms with Crippen molar-refractivity contribution in [2.24, 2.45) is 5.92 Å². The minimum absolute atomic E-state index is 0.129. The Bertz CT molecular complexity index is 704. The first-order valence-electron chi connectivity index (χ1n) is 7.50. The van der Waals surface area contributed by atoms with Crippen LogP contribution in [0.15, 0.2) is 28.7 Å². The number of hydrogen-bond donors (Lipinski definition) is 0.